The van der Waals surface area contributed by atoms with Crippen LogP contribution in [0.25, 0.3) is 98.7 Å². The SMILES string of the molecule is CC1(C)c2c(-c3ccc(-c4c5ccccc5c(-c5ccc(-c6cccc7ccccc67)cc5)c5ccccc45)cc3)cccc2-c2ccc3ccccc3c21. The molecular formula is C55H38. The van der Waals surface area contributed by atoms with E-state index in [4.69, 9.17) is 0 Å². The Hall–Kier alpha value is -6.76. The van der Waals surface area contributed by atoms with Crippen LogP contribution < -0.4 is 0 Å². The fraction of sp³-hybridized carbons (Fsp3) is 0.0545. The van der Waals surface area contributed by atoms with E-state index in [0.29, 0.717) is 0 Å². The Bertz CT molecular complexity index is 3080. The molecule has 0 saturated heterocycles. The van der Waals surface area contributed by atoms with Crippen molar-refractivity contribution in [3.05, 3.63) is 205 Å². The molecule has 0 bridgehead atoms. The second kappa shape index (κ2) is 12.1. The maximum absolute atomic E-state index is 2.40. The molecule has 0 amide bonds. The predicted molar refractivity (Wildman–Crippen MR) is 236 cm³/mol. The molecule has 0 saturated carbocycles. The van der Waals surface area contributed by atoms with Crippen molar-refractivity contribution >= 4 is 43.1 Å². The second-order valence-electron chi connectivity index (χ2n) is 15.6. The highest BCUT2D eigenvalue weighted by molar-refractivity contribution is 6.21. The lowest BCUT2D eigenvalue weighted by molar-refractivity contribution is 0.668. The van der Waals surface area contributed by atoms with Crippen LogP contribution in [0.3, 0.4) is 0 Å². The molecule has 0 fully saturated rings. The Labute approximate surface area is 322 Å². The van der Waals surface area contributed by atoms with Gasteiger partial charge in [-0.1, -0.05) is 208 Å². The van der Waals surface area contributed by atoms with E-state index in [-0.39, 0.29) is 5.41 Å². The molecule has 1 aliphatic rings. The molecule has 0 aliphatic heterocycles. The number of benzene rings is 10. The zero-order valence-electron chi connectivity index (χ0n) is 31.0. The van der Waals surface area contributed by atoms with Crippen molar-refractivity contribution in [3.8, 4) is 55.6 Å². The molecule has 10 aromatic rings. The maximum atomic E-state index is 2.40. The van der Waals surface area contributed by atoms with Crippen LogP contribution in [-0.2, 0) is 5.41 Å². The molecule has 0 unspecified atom stereocenters. The van der Waals surface area contributed by atoms with E-state index in [9.17, 15) is 0 Å². The summed E-state index contributed by atoms with van der Waals surface area (Å²) in [6.07, 6.45) is 0. The molecular weight excluding hydrogens is 661 g/mol. The number of fused-ring (bicyclic) bond motifs is 8. The fourth-order valence-corrected chi connectivity index (χ4v) is 9.85. The van der Waals surface area contributed by atoms with Crippen LogP contribution in [0.15, 0.2) is 194 Å². The Morgan fingerprint density at radius 2 is 0.636 bits per heavy atom. The highest BCUT2D eigenvalue weighted by atomic mass is 14.4. The highest BCUT2D eigenvalue weighted by Crippen LogP contribution is 2.54. The first kappa shape index (κ1) is 31.7. The van der Waals surface area contributed by atoms with Gasteiger partial charge >= 0.3 is 0 Å². The van der Waals surface area contributed by atoms with Crippen LogP contribution in [0, 0.1) is 0 Å². The summed E-state index contributed by atoms with van der Waals surface area (Å²) in [5, 5.41) is 10.3. The third-order valence-electron chi connectivity index (χ3n) is 12.2. The van der Waals surface area contributed by atoms with Crippen molar-refractivity contribution in [2.24, 2.45) is 0 Å². The molecule has 0 aromatic heterocycles. The van der Waals surface area contributed by atoms with Crippen molar-refractivity contribution in [2.75, 3.05) is 0 Å². The average molecular weight is 699 g/mol. The Balaban J connectivity index is 1.03. The van der Waals surface area contributed by atoms with Gasteiger partial charge < -0.3 is 0 Å². The lowest BCUT2D eigenvalue weighted by Crippen LogP contribution is -2.16. The molecule has 10 aromatic carbocycles. The van der Waals surface area contributed by atoms with Gasteiger partial charge in [0.15, 0.2) is 0 Å². The summed E-state index contributed by atoms with van der Waals surface area (Å²) in [7, 11) is 0. The van der Waals surface area contributed by atoms with Gasteiger partial charge in [-0.25, -0.2) is 0 Å². The van der Waals surface area contributed by atoms with E-state index >= 15 is 0 Å². The monoisotopic (exact) mass is 698 g/mol. The average Bonchev–Trinajstić information content (AvgIpc) is 3.49. The fourth-order valence-electron chi connectivity index (χ4n) is 9.85. The largest absolute Gasteiger partial charge is 0.0616 e. The summed E-state index contributed by atoms with van der Waals surface area (Å²) in [5.41, 5.74) is 15.5. The lowest BCUT2D eigenvalue weighted by atomic mass is 9.77. The summed E-state index contributed by atoms with van der Waals surface area (Å²) < 4.78 is 0. The third kappa shape index (κ3) is 4.78. The molecule has 0 nitrogen and oxygen atoms in total. The van der Waals surface area contributed by atoms with Crippen LogP contribution in [0.1, 0.15) is 25.0 Å². The summed E-state index contributed by atoms with van der Waals surface area (Å²) >= 11 is 0. The maximum Gasteiger partial charge on any atom is 0.0171 e. The minimum absolute atomic E-state index is 0.129. The number of hydrogen-bond donors (Lipinski definition) is 0. The van der Waals surface area contributed by atoms with Gasteiger partial charge in [-0.05, 0) is 110 Å². The Morgan fingerprint density at radius 3 is 1.22 bits per heavy atom. The Morgan fingerprint density at radius 1 is 0.255 bits per heavy atom. The molecule has 0 N–H and O–H groups in total. The predicted octanol–water partition coefficient (Wildman–Crippen LogP) is 15.3. The molecule has 11 rings (SSSR count). The van der Waals surface area contributed by atoms with Gasteiger partial charge in [-0.3, -0.25) is 0 Å². The topological polar surface area (TPSA) is 0 Å². The first-order valence-corrected chi connectivity index (χ1v) is 19.4. The molecule has 258 valence electrons. The highest BCUT2D eigenvalue weighted by Gasteiger charge is 2.38. The van der Waals surface area contributed by atoms with Crippen LogP contribution in [0.2, 0.25) is 0 Å². The van der Waals surface area contributed by atoms with E-state index < -0.39 is 0 Å². The van der Waals surface area contributed by atoms with Crippen LogP contribution in [0.5, 0.6) is 0 Å². The summed E-state index contributed by atoms with van der Waals surface area (Å²) in [4.78, 5) is 0. The molecule has 55 heavy (non-hydrogen) atoms. The van der Waals surface area contributed by atoms with Crippen molar-refractivity contribution in [3.63, 3.8) is 0 Å². The first-order valence-electron chi connectivity index (χ1n) is 19.4. The van der Waals surface area contributed by atoms with Crippen molar-refractivity contribution in [1.82, 2.24) is 0 Å². The lowest BCUT2D eigenvalue weighted by Gasteiger charge is -2.26. The van der Waals surface area contributed by atoms with Gasteiger partial charge in [0.1, 0.15) is 0 Å². The van der Waals surface area contributed by atoms with Gasteiger partial charge in [0, 0.05) is 5.41 Å². The second-order valence-corrected chi connectivity index (χ2v) is 15.6. The van der Waals surface area contributed by atoms with E-state index in [2.05, 4.69) is 208 Å². The molecule has 0 atom stereocenters. The van der Waals surface area contributed by atoms with Gasteiger partial charge in [0.2, 0.25) is 0 Å². The van der Waals surface area contributed by atoms with E-state index in [1.165, 1.54) is 110 Å². The minimum Gasteiger partial charge on any atom is -0.0616 e. The standard InChI is InChI=1S/C55H38/c1-55(2)53-44(23-12-24-49(53)50-34-33-36-14-4-6-17-43(36)54(50)55)38-27-31-40(32-28-38)52-47-20-9-7-18-45(47)51(46-19-8-10-21-48(46)52)39-29-25-37(26-30-39)42-22-11-15-35-13-3-5-16-41(35)42/h3-34H,1-2H3. The van der Waals surface area contributed by atoms with Gasteiger partial charge in [0.05, 0.1) is 0 Å². The van der Waals surface area contributed by atoms with Crippen molar-refractivity contribution in [2.45, 2.75) is 19.3 Å². The van der Waals surface area contributed by atoms with Crippen LogP contribution >= 0.6 is 0 Å². The molecule has 0 heteroatoms. The van der Waals surface area contributed by atoms with Crippen molar-refractivity contribution < 1.29 is 0 Å². The summed E-state index contributed by atoms with van der Waals surface area (Å²) in [6.45, 7) is 4.80. The third-order valence-corrected chi connectivity index (χ3v) is 12.2. The number of rotatable bonds is 4. The zero-order chi connectivity index (χ0) is 36.7. The van der Waals surface area contributed by atoms with Gasteiger partial charge in [-0.15, -0.1) is 0 Å². The molecule has 1 aliphatic carbocycles. The van der Waals surface area contributed by atoms with E-state index in [0.717, 1.165) is 0 Å². The van der Waals surface area contributed by atoms with Crippen LogP contribution in [-0.4, -0.2) is 0 Å². The quantitative estimate of drug-likeness (QED) is 0.161. The number of hydrogen-bond acceptors (Lipinski definition) is 0. The first-order chi connectivity index (χ1) is 27.1. The minimum atomic E-state index is -0.129. The molecule has 0 spiro atoms. The smallest absolute Gasteiger partial charge is 0.0171 e. The summed E-state index contributed by atoms with van der Waals surface area (Å²) in [5.74, 6) is 0. The van der Waals surface area contributed by atoms with E-state index in [1.54, 1.807) is 0 Å². The molecule has 0 radical (unpaired) electrons. The van der Waals surface area contributed by atoms with Gasteiger partial charge in [-0.2, -0.15) is 0 Å². The van der Waals surface area contributed by atoms with Crippen LogP contribution in [0.4, 0.5) is 0 Å². The normalized spacial score (nSPS) is 13.1. The van der Waals surface area contributed by atoms with Crippen molar-refractivity contribution in [1.29, 1.82) is 0 Å². The van der Waals surface area contributed by atoms with E-state index in [1.807, 2.05) is 0 Å². The summed E-state index contributed by atoms with van der Waals surface area (Å²) in [6, 6.07) is 72.0. The zero-order valence-corrected chi connectivity index (χ0v) is 31.0. The Kier molecular flexibility index (Phi) is 7.00. The van der Waals surface area contributed by atoms with Gasteiger partial charge in [0.25, 0.3) is 0 Å². The molecule has 0 heterocycles.